The van der Waals surface area contributed by atoms with Crippen molar-refractivity contribution in [2.45, 2.75) is 12.3 Å². The van der Waals surface area contributed by atoms with Gasteiger partial charge in [0.2, 0.25) is 0 Å². The molecule has 12 rings (SSSR count). The van der Waals surface area contributed by atoms with Gasteiger partial charge in [0.1, 0.15) is 22.3 Å². The van der Waals surface area contributed by atoms with Crippen LogP contribution in [0, 0.1) is 0 Å². The number of furan rings is 2. The molecule has 0 fully saturated rings. The molecule has 0 amide bonds. The number of para-hydroxylation sites is 3. The van der Waals surface area contributed by atoms with Crippen molar-refractivity contribution in [2.75, 3.05) is 4.90 Å². The van der Waals surface area contributed by atoms with Crippen LogP contribution < -0.4 is 4.90 Å². The molecule has 11 aromatic rings. The van der Waals surface area contributed by atoms with Crippen LogP contribution in [0.15, 0.2) is 221 Å². The maximum absolute atomic E-state index is 6.54. The summed E-state index contributed by atoms with van der Waals surface area (Å²) in [6.07, 6.45) is 5.58. The third kappa shape index (κ3) is 6.05. The van der Waals surface area contributed by atoms with Crippen LogP contribution in [0.3, 0.4) is 0 Å². The molecule has 0 spiro atoms. The molecule has 0 bridgehead atoms. The van der Waals surface area contributed by atoms with Gasteiger partial charge in [0.25, 0.3) is 0 Å². The van der Waals surface area contributed by atoms with Crippen molar-refractivity contribution in [3.63, 3.8) is 0 Å². The molecule has 0 saturated heterocycles. The zero-order valence-corrected chi connectivity index (χ0v) is 33.3. The van der Waals surface area contributed by atoms with E-state index in [1.807, 2.05) is 18.2 Å². The minimum absolute atomic E-state index is 0.169. The van der Waals surface area contributed by atoms with Gasteiger partial charge in [-0.05, 0) is 106 Å². The summed E-state index contributed by atoms with van der Waals surface area (Å²) in [7, 11) is 0. The van der Waals surface area contributed by atoms with E-state index in [1.54, 1.807) is 0 Å². The second kappa shape index (κ2) is 14.4. The maximum atomic E-state index is 6.54. The van der Waals surface area contributed by atoms with Crippen molar-refractivity contribution < 1.29 is 8.83 Å². The number of hydrogen-bond acceptors (Lipinski definition) is 3. The van der Waals surface area contributed by atoms with Crippen LogP contribution in [0.25, 0.3) is 83.3 Å². The lowest BCUT2D eigenvalue weighted by Gasteiger charge is -2.29. The highest BCUT2D eigenvalue weighted by atomic mass is 16.3. The Hall–Kier alpha value is -7.88. The summed E-state index contributed by atoms with van der Waals surface area (Å²) in [6, 6.07) is 73.8. The minimum Gasteiger partial charge on any atom is -0.456 e. The summed E-state index contributed by atoms with van der Waals surface area (Å²) in [5, 5.41) is 4.65. The number of benzene rings is 9. The SMILES string of the molecule is C1=CC(c2ccc(N(c3ccc(-c4ccccc4)cc3)c3cccc(-c4cccc5c4oc4ccccc45)c3)cc2-c2ccccc2)Cc2c1ccc1oc3ccccc3c21. The third-order valence-corrected chi connectivity index (χ3v) is 12.5. The van der Waals surface area contributed by atoms with Crippen molar-refractivity contribution in [1.82, 2.24) is 0 Å². The van der Waals surface area contributed by atoms with E-state index in [2.05, 4.69) is 205 Å². The van der Waals surface area contributed by atoms with Gasteiger partial charge < -0.3 is 13.7 Å². The van der Waals surface area contributed by atoms with Crippen molar-refractivity contribution >= 4 is 67.0 Å². The fraction of sp³-hybridized carbons (Fsp3) is 0.0345. The van der Waals surface area contributed by atoms with E-state index in [0.717, 1.165) is 67.7 Å². The van der Waals surface area contributed by atoms with Gasteiger partial charge >= 0.3 is 0 Å². The molecule has 2 heterocycles. The predicted octanol–water partition coefficient (Wildman–Crippen LogP) is 16.3. The van der Waals surface area contributed by atoms with Crippen molar-refractivity contribution in [1.29, 1.82) is 0 Å². The molecule has 0 radical (unpaired) electrons. The number of hydrogen-bond donors (Lipinski definition) is 0. The van der Waals surface area contributed by atoms with Gasteiger partial charge in [-0.25, -0.2) is 0 Å². The van der Waals surface area contributed by atoms with E-state index in [-0.39, 0.29) is 5.92 Å². The highest BCUT2D eigenvalue weighted by Gasteiger charge is 2.25. The Morgan fingerprint density at radius 2 is 1.05 bits per heavy atom. The molecule has 1 atom stereocenters. The number of rotatable bonds is 7. The third-order valence-electron chi connectivity index (χ3n) is 12.5. The Labute approximate surface area is 354 Å². The molecule has 2 aromatic heterocycles. The second-order valence-electron chi connectivity index (χ2n) is 16.0. The number of anilines is 3. The number of allylic oxidation sites excluding steroid dienone is 1. The van der Waals surface area contributed by atoms with Gasteiger partial charge in [0, 0.05) is 50.1 Å². The van der Waals surface area contributed by atoms with Crippen LogP contribution >= 0.6 is 0 Å². The quantitative estimate of drug-likeness (QED) is 0.161. The van der Waals surface area contributed by atoms with E-state index < -0.39 is 0 Å². The van der Waals surface area contributed by atoms with Gasteiger partial charge in [0.15, 0.2) is 0 Å². The highest BCUT2D eigenvalue weighted by Crippen LogP contribution is 2.45. The maximum Gasteiger partial charge on any atom is 0.143 e. The average molecular weight is 782 g/mol. The fourth-order valence-electron chi connectivity index (χ4n) is 9.54. The normalized spacial score (nSPS) is 13.6. The summed E-state index contributed by atoms with van der Waals surface area (Å²) in [6.45, 7) is 0. The lowest BCUT2D eigenvalue weighted by Crippen LogP contribution is -2.12. The summed E-state index contributed by atoms with van der Waals surface area (Å²) < 4.78 is 12.9. The fourth-order valence-corrected chi connectivity index (χ4v) is 9.54. The van der Waals surface area contributed by atoms with E-state index in [4.69, 9.17) is 8.83 Å². The molecular weight excluding hydrogens is 743 g/mol. The van der Waals surface area contributed by atoms with E-state index in [9.17, 15) is 0 Å². The summed E-state index contributed by atoms with van der Waals surface area (Å²) in [5.74, 6) is 0.169. The van der Waals surface area contributed by atoms with Gasteiger partial charge in [-0.15, -0.1) is 0 Å². The summed E-state index contributed by atoms with van der Waals surface area (Å²) in [4.78, 5) is 2.39. The molecule has 1 aliphatic rings. The Morgan fingerprint density at radius 1 is 0.410 bits per heavy atom. The van der Waals surface area contributed by atoms with Crippen LogP contribution in [0.2, 0.25) is 0 Å². The summed E-state index contributed by atoms with van der Waals surface area (Å²) >= 11 is 0. The van der Waals surface area contributed by atoms with Crippen LogP contribution in [0.4, 0.5) is 17.1 Å². The molecule has 1 unspecified atom stereocenters. The Bertz CT molecular complexity index is 3450. The number of fused-ring (bicyclic) bond motifs is 8. The van der Waals surface area contributed by atoms with E-state index in [0.29, 0.717) is 0 Å². The predicted molar refractivity (Wildman–Crippen MR) is 254 cm³/mol. The van der Waals surface area contributed by atoms with Gasteiger partial charge in [-0.2, -0.15) is 0 Å². The van der Waals surface area contributed by atoms with E-state index >= 15 is 0 Å². The molecular formula is C58H39NO2. The lowest BCUT2D eigenvalue weighted by atomic mass is 9.80. The van der Waals surface area contributed by atoms with E-state index in [1.165, 1.54) is 49.7 Å². The summed E-state index contributed by atoms with van der Waals surface area (Å²) in [5.41, 5.74) is 17.7. The Kier molecular flexibility index (Phi) is 8.31. The van der Waals surface area contributed by atoms with Crippen molar-refractivity contribution in [3.8, 4) is 33.4 Å². The molecule has 0 N–H and O–H groups in total. The smallest absolute Gasteiger partial charge is 0.143 e. The lowest BCUT2D eigenvalue weighted by molar-refractivity contribution is 0.668. The first kappa shape index (κ1) is 35.1. The highest BCUT2D eigenvalue weighted by molar-refractivity contribution is 6.10. The zero-order valence-electron chi connectivity index (χ0n) is 33.3. The molecule has 9 aromatic carbocycles. The van der Waals surface area contributed by atoms with Gasteiger partial charge in [0.05, 0.1) is 0 Å². The second-order valence-corrected chi connectivity index (χ2v) is 16.0. The first-order chi connectivity index (χ1) is 30.2. The zero-order chi connectivity index (χ0) is 40.3. The van der Waals surface area contributed by atoms with Crippen LogP contribution in [0.1, 0.15) is 22.6 Å². The molecule has 0 aliphatic heterocycles. The van der Waals surface area contributed by atoms with Crippen LogP contribution in [0.5, 0.6) is 0 Å². The molecule has 288 valence electrons. The van der Waals surface area contributed by atoms with Crippen molar-refractivity contribution in [2.24, 2.45) is 0 Å². The van der Waals surface area contributed by atoms with Crippen LogP contribution in [-0.4, -0.2) is 0 Å². The minimum atomic E-state index is 0.169. The van der Waals surface area contributed by atoms with Crippen LogP contribution in [-0.2, 0) is 6.42 Å². The topological polar surface area (TPSA) is 29.5 Å². The average Bonchev–Trinajstić information content (AvgIpc) is 3.91. The monoisotopic (exact) mass is 781 g/mol. The Morgan fingerprint density at radius 3 is 1.87 bits per heavy atom. The molecule has 0 saturated carbocycles. The molecule has 3 heteroatoms. The van der Waals surface area contributed by atoms with Crippen molar-refractivity contribution in [3.05, 3.63) is 229 Å². The molecule has 3 nitrogen and oxygen atoms in total. The van der Waals surface area contributed by atoms with Gasteiger partial charge in [-0.3, -0.25) is 0 Å². The number of nitrogens with zero attached hydrogens (tertiary/aromatic N) is 1. The largest absolute Gasteiger partial charge is 0.456 e. The first-order valence-corrected chi connectivity index (χ1v) is 21.0. The Balaban J connectivity index is 1.01. The first-order valence-electron chi connectivity index (χ1n) is 21.0. The molecule has 61 heavy (non-hydrogen) atoms. The van der Waals surface area contributed by atoms with Gasteiger partial charge in [-0.1, -0.05) is 164 Å². The molecule has 1 aliphatic carbocycles. The standard InChI is InChI=1S/C58H39NO2/c1-3-13-38(14-4-1)39-27-30-44(31-28-39)59(45-18-11-17-42(35-45)48-21-12-22-50-49-19-7-9-23-54(49)61-58(48)50)46-32-33-47(52(37-46)40-15-5-2-6-16-40)43-26-25-41-29-34-56-57(53(41)36-43)51-20-8-10-24-55(51)60-56/h1-35,37,43H,36H2.